The fraction of sp³-hybridized carbons (Fsp3) is 0.556. The summed E-state index contributed by atoms with van der Waals surface area (Å²) in [4.78, 5) is 12.8. The number of pyridine rings is 1. The molecule has 174 valence electrons. The number of furan rings is 1. The van der Waals surface area contributed by atoms with E-state index in [1.54, 1.807) is 0 Å². The van der Waals surface area contributed by atoms with Gasteiger partial charge in [-0.2, -0.15) is 4.57 Å². The molecule has 2 fully saturated rings. The van der Waals surface area contributed by atoms with Crippen molar-refractivity contribution in [3.05, 3.63) is 66.4 Å². The van der Waals surface area contributed by atoms with Crippen molar-refractivity contribution in [1.29, 1.82) is 0 Å². The molecule has 0 radical (unpaired) electrons. The van der Waals surface area contributed by atoms with Gasteiger partial charge in [0.15, 0.2) is 18.2 Å². The maximum atomic E-state index is 12.8. The Balaban J connectivity index is 0.00000289. The Morgan fingerprint density at radius 1 is 1.25 bits per heavy atom. The van der Waals surface area contributed by atoms with Crippen molar-refractivity contribution in [1.82, 2.24) is 0 Å². The van der Waals surface area contributed by atoms with Gasteiger partial charge in [0.1, 0.15) is 0 Å². The van der Waals surface area contributed by atoms with Crippen molar-refractivity contribution >= 4 is 5.97 Å². The van der Waals surface area contributed by atoms with Crippen molar-refractivity contribution < 1.29 is 35.5 Å². The van der Waals surface area contributed by atoms with Crippen LogP contribution in [0.3, 0.4) is 0 Å². The van der Waals surface area contributed by atoms with E-state index in [9.17, 15) is 4.79 Å². The maximum absolute atomic E-state index is 12.8. The molecule has 32 heavy (non-hydrogen) atoms. The second-order valence-electron chi connectivity index (χ2n) is 10.0. The Labute approximate surface area is 202 Å². The van der Waals surface area contributed by atoms with Crippen molar-refractivity contribution in [3.63, 3.8) is 0 Å². The van der Waals surface area contributed by atoms with E-state index in [-0.39, 0.29) is 33.8 Å². The smallest absolute Gasteiger partial charge is 0.311 e. The zero-order chi connectivity index (χ0) is 22.1. The molecule has 0 aromatic carbocycles. The lowest BCUT2D eigenvalue weighted by atomic mass is 9.46. The molecular formula is C27H36BrNO3. The minimum atomic E-state index is -0.383. The number of methoxy groups -OCH3 is 1. The number of allylic oxidation sites excluding steroid dienone is 1. The molecule has 2 aliphatic rings. The second kappa shape index (κ2) is 9.94. The van der Waals surface area contributed by atoms with Crippen LogP contribution in [0, 0.1) is 22.7 Å². The number of aromatic nitrogens is 1. The first-order chi connectivity index (χ1) is 14.9. The molecule has 4 atom stereocenters. The number of hydrogen-bond donors (Lipinski definition) is 0. The molecule has 5 heteroatoms. The van der Waals surface area contributed by atoms with Crippen LogP contribution in [0.25, 0.3) is 0 Å². The molecule has 4 rings (SSSR count). The molecule has 2 saturated carbocycles. The minimum absolute atomic E-state index is 0. The third-order valence-electron chi connectivity index (χ3n) is 8.31. The maximum Gasteiger partial charge on any atom is 0.311 e. The normalized spacial score (nSPS) is 29.7. The Kier molecular flexibility index (Phi) is 7.69. The molecule has 0 bridgehead atoms. The number of halogens is 1. The summed E-state index contributed by atoms with van der Waals surface area (Å²) >= 11 is 0. The van der Waals surface area contributed by atoms with E-state index >= 15 is 0 Å². The van der Waals surface area contributed by atoms with Gasteiger partial charge in [0.05, 0.1) is 18.8 Å². The monoisotopic (exact) mass is 501 g/mol. The molecule has 2 aromatic rings. The highest BCUT2D eigenvalue weighted by Crippen LogP contribution is 2.62. The van der Waals surface area contributed by atoms with E-state index in [2.05, 4.69) is 43.5 Å². The molecule has 0 N–H and O–H groups in total. The number of ether oxygens (including phenoxy) is 1. The van der Waals surface area contributed by atoms with Crippen LogP contribution in [0.15, 0.2) is 59.5 Å². The lowest BCUT2D eigenvalue weighted by molar-refractivity contribution is -0.690. The van der Waals surface area contributed by atoms with E-state index in [0.29, 0.717) is 11.8 Å². The first-order valence-corrected chi connectivity index (χ1v) is 11.6. The molecule has 0 saturated heterocycles. The summed E-state index contributed by atoms with van der Waals surface area (Å²) in [6, 6.07) is 8.22. The molecule has 4 nitrogen and oxygen atoms in total. The summed E-state index contributed by atoms with van der Waals surface area (Å²) < 4.78 is 13.2. The lowest BCUT2D eigenvalue weighted by Gasteiger charge is -2.57. The van der Waals surface area contributed by atoms with Crippen LogP contribution in [-0.4, -0.2) is 13.1 Å². The summed E-state index contributed by atoms with van der Waals surface area (Å²) in [5.74, 6) is 1.76. The zero-order valence-corrected chi connectivity index (χ0v) is 21.2. The van der Waals surface area contributed by atoms with E-state index < -0.39 is 0 Å². The van der Waals surface area contributed by atoms with Crippen LogP contribution in [0.2, 0.25) is 0 Å². The van der Waals surface area contributed by atoms with Crippen molar-refractivity contribution in [2.75, 3.05) is 7.11 Å². The average molecular weight is 502 g/mol. The Hall–Kier alpha value is -1.88. The van der Waals surface area contributed by atoms with Gasteiger partial charge in [0.25, 0.3) is 0 Å². The van der Waals surface area contributed by atoms with Crippen molar-refractivity contribution in [2.24, 2.45) is 22.7 Å². The highest BCUT2D eigenvalue weighted by atomic mass is 79.9. The largest absolute Gasteiger partial charge is 1.00 e. The van der Waals surface area contributed by atoms with Crippen LogP contribution in [0.5, 0.6) is 0 Å². The average Bonchev–Trinajstić information content (AvgIpc) is 3.20. The van der Waals surface area contributed by atoms with Crippen LogP contribution >= 0.6 is 0 Å². The first-order valence-electron chi connectivity index (χ1n) is 11.6. The van der Waals surface area contributed by atoms with E-state index in [1.807, 2.05) is 24.5 Å². The third-order valence-corrected chi connectivity index (χ3v) is 8.31. The van der Waals surface area contributed by atoms with Gasteiger partial charge < -0.3 is 26.1 Å². The second-order valence-corrected chi connectivity index (χ2v) is 10.0. The predicted octanol–water partition coefficient (Wildman–Crippen LogP) is 2.50. The molecule has 2 heterocycles. The van der Waals surface area contributed by atoms with Gasteiger partial charge in [0.2, 0.25) is 6.54 Å². The predicted molar refractivity (Wildman–Crippen MR) is 120 cm³/mol. The fourth-order valence-corrected chi connectivity index (χ4v) is 6.69. The summed E-state index contributed by atoms with van der Waals surface area (Å²) in [5.41, 5.74) is 2.34. The Morgan fingerprint density at radius 2 is 2.00 bits per heavy atom. The van der Waals surface area contributed by atoms with Crippen LogP contribution in [0.4, 0.5) is 0 Å². The van der Waals surface area contributed by atoms with Crippen molar-refractivity contribution in [3.8, 4) is 0 Å². The fourth-order valence-electron chi connectivity index (χ4n) is 6.69. The van der Waals surface area contributed by atoms with Gasteiger partial charge >= 0.3 is 5.97 Å². The summed E-state index contributed by atoms with van der Waals surface area (Å²) in [7, 11) is 1.53. The quantitative estimate of drug-likeness (QED) is 0.347. The zero-order valence-electron chi connectivity index (χ0n) is 19.6. The molecule has 0 amide bonds. The third kappa shape index (κ3) is 4.46. The number of rotatable bonds is 6. The van der Waals surface area contributed by atoms with Crippen molar-refractivity contribution in [2.45, 2.75) is 65.3 Å². The first kappa shape index (κ1) is 24.8. The topological polar surface area (TPSA) is 43.3 Å². The van der Waals surface area contributed by atoms with Gasteiger partial charge in [-0.1, -0.05) is 31.6 Å². The molecule has 2 aromatic heterocycles. The number of esters is 1. The number of carbonyl (C=O) groups excluding carboxylic acids is 1. The molecule has 0 aliphatic heterocycles. The molecule has 2 aliphatic carbocycles. The SMILES string of the molecule is C=C1CCC2[C@](C)(CCC[C@]2(C)C(=O)OC)[C@H]1CCc1ccoc1C[n+]1ccccc1.[Br-]. The molecule has 1 unspecified atom stereocenters. The van der Waals surface area contributed by atoms with Gasteiger partial charge in [-0.25, -0.2) is 0 Å². The van der Waals surface area contributed by atoms with Gasteiger partial charge in [0, 0.05) is 17.7 Å². The number of aryl methyl sites for hydroxylation is 1. The Morgan fingerprint density at radius 3 is 2.72 bits per heavy atom. The standard InChI is InChI=1S/C27H36NO3.BrH/c1-20-9-12-24-26(2,14-8-15-27(24,3)25(29)30-4)22(20)11-10-21-13-18-31-23(21)19-28-16-6-5-7-17-28;/h5-7,13,16-18,22,24H,1,8-12,14-15,19H2,2-4H3;1H/q+1;/p-1/t22-,24?,26+,27-;/m0./s1. The molecule has 0 spiro atoms. The minimum Gasteiger partial charge on any atom is -1.00 e. The Bertz CT molecular complexity index is 939. The van der Waals surface area contributed by atoms with Crippen LogP contribution in [0.1, 0.15) is 63.7 Å². The lowest BCUT2D eigenvalue weighted by Crippen LogP contribution is -3.00. The highest BCUT2D eigenvalue weighted by molar-refractivity contribution is 5.77. The van der Waals surface area contributed by atoms with E-state index in [1.165, 1.54) is 18.2 Å². The van der Waals surface area contributed by atoms with Crippen LogP contribution in [-0.2, 0) is 22.5 Å². The van der Waals surface area contributed by atoms with Crippen LogP contribution < -0.4 is 21.5 Å². The summed E-state index contributed by atoms with van der Waals surface area (Å²) in [6.45, 7) is 9.78. The summed E-state index contributed by atoms with van der Waals surface area (Å²) in [6.07, 6.45) is 13.2. The van der Waals surface area contributed by atoms with E-state index in [4.69, 9.17) is 9.15 Å². The number of carbonyl (C=O) groups is 1. The van der Waals surface area contributed by atoms with E-state index in [0.717, 1.165) is 57.3 Å². The number of nitrogens with zero attached hydrogens (tertiary/aromatic N) is 1. The number of hydrogen-bond acceptors (Lipinski definition) is 3. The molecular weight excluding hydrogens is 466 g/mol. The van der Waals surface area contributed by atoms with Gasteiger partial charge in [-0.3, -0.25) is 4.79 Å². The summed E-state index contributed by atoms with van der Waals surface area (Å²) in [5, 5.41) is 0. The van der Waals surface area contributed by atoms with Gasteiger partial charge in [-0.05, 0) is 68.8 Å². The number of fused-ring (bicyclic) bond motifs is 1. The highest BCUT2D eigenvalue weighted by Gasteiger charge is 2.57. The van der Waals surface area contributed by atoms with Gasteiger partial charge in [-0.15, -0.1) is 0 Å².